The standard InChI is InChI=1S/C15H20O3/c1-9-4-5-12-10(6-9)7-11-8-13(16)18-15(11,17)14(12,2)3/h6,8,10,12,17H,4-5,7H2,1-3H3/t10-,12+,15?/m0/s1. The fourth-order valence-electron chi connectivity index (χ4n) is 3.99. The Bertz CT molecular complexity index is 472. The van der Waals surface area contributed by atoms with Crippen molar-refractivity contribution in [2.45, 2.75) is 45.8 Å². The van der Waals surface area contributed by atoms with Crippen LogP contribution in [0.15, 0.2) is 23.3 Å². The molecule has 3 heteroatoms. The van der Waals surface area contributed by atoms with Crippen LogP contribution in [-0.4, -0.2) is 16.9 Å². The number of aliphatic hydroxyl groups is 1. The molecule has 3 rings (SSSR count). The first kappa shape index (κ1) is 12.0. The van der Waals surface area contributed by atoms with Gasteiger partial charge in [0.1, 0.15) is 0 Å². The summed E-state index contributed by atoms with van der Waals surface area (Å²) >= 11 is 0. The summed E-state index contributed by atoms with van der Waals surface area (Å²) in [5.74, 6) is -0.992. The molecule has 1 unspecified atom stereocenters. The molecule has 1 heterocycles. The third-order valence-corrected chi connectivity index (χ3v) is 5.10. The number of fused-ring (bicyclic) bond motifs is 2. The fraction of sp³-hybridized carbons (Fsp3) is 0.667. The van der Waals surface area contributed by atoms with Gasteiger partial charge in [-0.05, 0) is 38.0 Å². The zero-order valence-corrected chi connectivity index (χ0v) is 11.2. The van der Waals surface area contributed by atoms with Crippen molar-refractivity contribution >= 4 is 5.97 Å². The molecule has 0 bridgehead atoms. The minimum atomic E-state index is -1.38. The average molecular weight is 248 g/mol. The van der Waals surface area contributed by atoms with Crippen LogP contribution in [0.25, 0.3) is 0 Å². The third-order valence-electron chi connectivity index (χ3n) is 5.10. The van der Waals surface area contributed by atoms with E-state index >= 15 is 0 Å². The van der Waals surface area contributed by atoms with Gasteiger partial charge in [-0.2, -0.15) is 0 Å². The van der Waals surface area contributed by atoms with E-state index in [-0.39, 0.29) is 0 Å². The monoisotopic (exact) mass is 248 g/mol. The van der Waals surface area contributed by atoms with Crippen LogP contribution in [0.2, 0.25) is 0 Å². The largest absolute Gasteiger partial charge is 0.425 e. The molecule has 0 saturated heterocycles. The van der Waals surface area contributed by atoms with Crippen LogP contribution in [0.1, 0.15) is 40.0 Å². The third kappa shape index (κ3) is 1.37. The summed E-state index contributed by atoms with van der Waals surface area (Å²) < 4.78 is 5.25. The van der Waals surface area contributed by atoms with Gasteiger partial charge < -0.3 is 9.84 Å². The predicted molar refractivity (Wildman–Crippen MR) is 67.5 cm³/mol. The van der Waals surface area contributed by atoms with E-state index in [1.807, 2.05) is 13.8 Å². The van der Waals surface area contributed by atoms with E-state index in [0.29, 0.717) is 11.8 Å². The SMILES string of the molecule is CC1=C[C@H]2CC3=CC(=O)OC3(O)C(C)(C)[C@@H]2CC1. The lowest BCUT2D eigenvalue weighted by Gasteiger charge is -2.53. The van der Waals surface area contributed by atoms with Gasteiger partial charge in [0, 0.05) is 17.1 Å². The lowest BCUT2D eigenvalue weighted by Crippen LogP contribution is -2.56. The highest BCUT2D eigenvalue weighted by molar-refractivity contribution is 5.86. The van der Waals surface area contributed by atoms with Gasteiger partial charge in [-0.3, -0.25) is 0 Å². The van der Waals surface area contributed by atoms with Crippen LogP contribution in [0.3, 0.4) is 0 Å². The molecule has 0 aromatic heterocycles. The minimum absolute atomic E-state index is 0.370. The van der Waals surface area contributed by atoms with E-state index < -0.39 is 17.2 Å². The van der Waals surface area contributed by atoms with Crippen molar-refractivity contribution < 1.29 is 14.6 Å². The van der Waals surface area contributed by atoms with E-state index in [0.717, 1.165) is 24.8 Å². The fourth-order valence-corrected chi connectivity index (χ4v) is 3.99. The van der Waals surface area contributed by atoms with Crippen molar-refractivity contribution in [3.05, 3.63) is 23.3 Å². The van der Waals surface area contributed by atoms with Crippen molar-refractivity contribution in [1.82, 2.24) is 0 Å². The van der Waals surface area contributed by atoms with Gasteiger partial charge in [-0.25, -0.2) is 4.79 Å². The number of hydrogen-bond acceptors (Lipinski definition) is 3. The molecule has 1 fully saturated rings. The predicted octanol–water partition coefficient (Wildman–Crippen LogP) is 2.56. The van der Waals surface area contributed by atoms with Crippen LogP contribution in [0, 0.1) is 17.3 Å². The van der Waals surface area contributed by atoms with Gasteiger partial charge in [-0.15, -0.1) is 0 Å². The summed E-state index contributed by atoms with van der Waals surface area (Å²) in [7, 11) is 0. The second-order valence-corrected chi connectivity index (χ2v) is 6.48. The van der Waals surface area contributed by atoms with Crippen LogP contribution in [-0.2, 0) is 9.53 Å². The molecular weight excluding hydrogens is 228 g/mol. The van der Waals surface area contributed by atoms with Gasteiger partial charge in [0.15, 0.2) is 0 Å². The molecule has 3 aliphatic rings. The summed E-state index contributed by atoms with van der Waals surface area (Å²) in [5.41, 5.74) is 1.75. The number of rotatable bonds is 0. The van der Waals surface area contributed by atoms with Gasteiger partial charge in [0.2, 0.25) is 5.79 Å². The molecule has 3 atom stereocenters. The number of esters is 1. The summed E-state index contributed by atoms with van der Waals surface area (Å²) in [6.07, 6.45) is 6.68. The highest BCUT2D eigenvalue weighted by Gasteiger charge is 2.61. The molecule has 3 nitrogen and oxygen atoms in total. The number of carbonyl (C=O) groups is 1. The highest BCUT2D eigenvalue weighted by Crippen LogP contribution is 2.58. The highest BCUT2D eigenvalue weighted by atomic mass is 16.7. The Morgan fingerprint density at radius 1 is 1.44 bits per heavy atom. The Balaban J connectivity index is 2.07. The van der Waals surface area contributed by atoms with E-state index in [1.54, 1.807) is 0 Å². The molecular formula is C15H20O3. The summed E-state index contributed by atoms with van der Waals surface area (Å²) in [5, 5.41) is 10.8. The molecule has 0 spiro atoms. The average Bonchev–Trinajstić information content (AvgIpc) is 2.54. The van der Waals surface area contributed by atoms with E-state index in [4.69, 9.17) is 4.74 Å². The molecule has 0 aromatic carbocycles. The van der Waals surface area contributed by atoms with E-state index in [1.165, 1.54) is 11.6 Å². The van der Waals surface area contributed by atoms with Crippen molar-refractivity contribution in [3.8, 4) is 0 Å². The number of ether oxygens (including phenoxy) is 1. The lowest BCUT2D eigenvalue weighted by atomic mass is 9.56. The number of carbonyl (C=O) groups excluding carboxylic acids is 1. The zero-order valence-electron chi connectivity index (χ0n) is 11.2. The molecule has 0 radical (unpaired) electrons. The van der Waals surface area contributed by atoms with Crippen molar-refractivity contribution in [3.63, 3.8) is 0 Å². The van der Waals surface area contributed by atoms with Crippen LogP contribution in [0.4, 0.5) is 0 Å². The second kappa shape index (κ2) is 3.47. The summed E-state index contributed by atoms with van der Waals surface area (Å²) in [6, 6.07) is 0. The molecule has 2 aliphatic carbocycles. The maximum atomic E-state index is 11.5. The van der Waals surface area contributed by atoms with Crippen LogP contribution in [0.5, 0.6) is 0 Å². The Kier molecular flexibility index (Phi) is 2.31. The first-order valence-corrected chi connectivity index (χ1v) is 6.68. The van der Waals surface area contributed by atoms with E-state index in [2.05, 4.69) is 13.0 Å². The smallest absolute Gasteiger partial charge is 0.333 e. The van der Waals surface area contributed by atoms with Crippen LogP contribution >= 0.6 is 0 Å². The quantitative estimate of drug-likeness (QED) is 0.529. The molecule has 1 aliphatic heterocycles. The Morgan fingerprint density at radius 2 is 2.17 bits per heavy atom. The number of allylic oxidation sites excluding steroid dienone is 2. The lowest BCUT2D eigenvalue weighted by molar-refractivity contribution is -0.247. The first-order chi connectivity index (χ1) is 8.34. The molecule has 1 N–H and O–H groups in total. The number of hydrogen-bond donors (Lipinski definition) is 1. The summed E-state index contributed by atoms with van der Waals surface area (Å²) in [6.45, 7) is 6.20. The van der Waals surface area contributed by atoms with Crippen molar-refractivity contribution in [2.75, 3.05) is 0 Å². The van der Waals surface area contributed by atoms with Gasteiger partial charge >= 0.3 is 5.97 Å². The molecule has 0 amide bonds. The topological polar surface area (TPSA) is 46.5 Å². The second-order valence-electron chi connectivity index (χ2n) is 6.48. The Morgan fingerprint density at radius 3 is 2.89 bits per heavy atom. The normalized spacial score (nSPS) is 41.4. The molecule has 1 saturated carbocycles. The maximum absolute atomic E-state index is 11.5. The van der Waals surface area contributed by atoms with Crippen LogP contribution < -0.4 is 0 Å². The molecule has 0 aromatic rings. The maximum Gasteiger partial charge on any atom is 0.333 e. The van der Waals surface area contributed by atoms with Gasteiger partial charge in [0.05, 0.1) is 0 Å². The van der Waals surface area contributed by atoms with Crippen molar-refractivity contribution in [1.29, 1.82) is 0 Å². The van der Waals surface area contributed by atoms with E-state index in [9.17, 15) is 9.90 Å². The Hall–Kier alpha value is -1.09. The summed E-state index contributed by atoms with van der Waals surface area (Å²) in [4.78, 5) is 11.5. The Labute approximate surface area is 108 Å². The minimum Gasteiger partial charge on any atom is -0.425 e. The molecule has 98 valence electrons. The van der Waals surface area contributed by atoms with Crippen molar-refractivity contribution in [2.24, 2.45) is 17.3 Å². The molecule has 18 heavy (non-hydrogen) atoms. The van der Waals surface area contributed by atoms with Gasteiger partial charge in [0.25, 0.3) is 0 Å². The van der Waals surface area contributed by atoms with Gasteiger partial charge in [-0.1, -0.05) is 25.5 Å². The first-order valence-electron chi connectivity index (χ1n) is 6.68. The zero-order chi connectivity index (χ0) is 13.1.